The monoisotopic (exact) mass is 222 g/mol. The van der Waals surface area contributed by atoms with Gasteiger partial charge in [0.2, 0.25) is 0 Å². The van der Waals surface area contributed by atoms with Gasteiger partial charge in [-0.2, -0.15) is 0 Å². The third kappa shape index (κ3) is 4.59. The van der Waals surface area contributed by atoms with Crippen LogP contribution in [0, 0.1) is 0 Å². The lowest BCUT2D eigenvalue weighted by atomic mass is 10.3. The Morgan fingerprint density at radius 3 is 2.62 bits per heavy atom. The fourth-order valence-corrected chi connectivity index (χ4v) is 1.43. The Labute approximate surface area is 97.4 Å². The van der Waals surface area contributed by atoms with Gasteiger partial charge in [-0.1, -0.05) is 19.9 Å². The molecule has 4 nitrogen and oxygen atoms in total. The van der Waals surface area contributed by atoms with Gasteiger partial charge in [-0.05, 0) is 24.7 Å². The van der Waals surface area contributed by atoms with E-state index in [9.17, 15) is 0 Å². The van der Waals surface area contributed by atoms with Crippen LogP contribution in [0.3, 0.4) is 0 Å². The van der Waals surface area contributed by atoms with E-state index in [1.54, 1.807) is 12.3 Å². The molecule has 0 aliphatic heterocycles. The van der Waals surface area contributed by atoms with Crippen LogP contribution in [0.4, 0.5) is 5.82 Å². The van der Waals surface area contributed by atoms with Crippen LogP contribution < -0.4 is 5.73 Å². The van der Waals surface area contributed by atoms with E-state index in [-0.39, 0.29) is 0 Å². The van der Waals surface area contributed by atoms with E-state index in [2.05, 4.69) is 23.7 Å². The molecule has 1 aromatic heterocycles. The first-order chi connectivity index (χ1) is 7.76. The number of rotatable bonds is 7. The van der Waals surface area contributed by atoms with Crippen molar-refractivity contribution in [2.24, 2.45) is 0 Å². The first-order valence-corrected chi connectivity index (χ1v) is 5.72. The summed E-state index contributed by atoms with van der Waals surface area (Å²) >= 11 is 0. The molecule has 0 atom stereocenters. The molecule has 16 heavy (non-hydrogen) atoms. The van der Waals surface area contributed by atoms with Crippen molar-refractivity contribution in [2.45, 2.75) is 20.5 Å². The molecule has 1 radical (unpaired) electrons. The third-order valence-electron chi connectivity index (χ3n) is 2.54. The minimum atomic E-state index is 0.298. The van der Waals surface area contributed by atoms with Crippen molar-refractivity contribution < 1.29 is 4.74 Å². The number of hydrogen-bond acceptors (Lipinski definition) is 3. The van der Waals surface area contributed by atoms with Crippen molar-refractivity contribution in [3.63, 3.8) is 0 Å². The van der Waals surface area contributed by atoms with Crippen LogP contribution >= 0.6 is 0 Å². The molecule has 0 fully saturated rings. The molecule has 0 unspecified atom stereocenters. The number of likely N-dealkylation sites (N-methyl/N-ethyl adjacent to an activating group) is 1. The Balaban J connectivity index is 2.18. The maximum atomic E-state index is 7.25. The minimum Gasteiger partial charge on any atom is -0.375 e. The summed E-state index contributed by atoms with van der Waals surface area (Å²) in [5.74, 6) is 0.298. The summed E-state index contributed by atoms with van der Waals surface area (Å²) in [5, 5.41) is 0. The number of nitrogens with zero attached hydrogens (tertiary/aromatic N) is 2. The van der Waals surface area contributed by atoms with E-state index in [1.165, 1.54) is 0 Å². The number of aromatic nitrogens is 1. The highest BCUT2D eigenvalue weighted by molar-refractivity contribution is 5.25. The zero-order valence-corrected chi connectivity index (χ0v) is 10.1. The Morgan fingerprint density at radius 2 is 2.06 bits per heavy atom. The number of hydrogen-bond donors (Lipinski definition) is 0. The molecule has 1 aromatic rings. The summed E-state index contributed by atoms with van der Waals surface area (Å²) in [4.78, 5) is 6.23. The number of ether oxygens (including phenoxy) is 1. The van der Waals surface area contributed by atoms with E-state index >= 15 is 0 Å². The molecule has 4 heteroatoms. The highest BCUT2D eigenvalue weighted by Gasteiger charge is 1.99. The lowest BCUT2D eigenvalue weighted by Crippen LogP contribution is -2.26. The van der Waals surface area contributed by atoms with Crippen molar-refractivity contribution >= 4 is 5.82 Å². The molecule has 0 saturated carbocycles. The van der Waals surface area contributed by atoms with Crippen molar-refractivity contribution in [3.05, 3.63) is 23.9 Å². The van der Waals surface area contributed by atoms with Gasteiger partial charge >= 0.3 is 0 Å². The van der Waals surface area contributed by atoms with Gasteiger partial charge in [0, 0.05) is 12.7 Å². The van der Waals surface area contributed by atoms with Crippen LogP contribution in [0.25, 0.3) is 0 Å². The largest absolute Gasteiger partial charge is 0.375 e. The third-order valence-corrected chi connectivity index (χ3v) is 2.54. The second kappa shape index (κ2) is 7.19. The Hall–Kier alpha value is -1.13. The van der Waals surface area contributed by atoms with Gasteiger partial charge in [-0.15, -0.1) is 0 Å². The molecule has 0 aliphatic rings. The fraction of sp³-hybridized carbons (Fsp3) is 0.583. The van der Waals surface area contributed by atoms with E-state index < -0.39 is 0 Å². The van der Waals surface area contributed by atoms with Crippen LogP contribution in [-0.4, -0.2) is 36.1 Å². The molecule has 0 spiro atoms. The molecule has 1 N–H and O–H groups in total. The van der Waals surface area contributed by atoms with E-state index in [0.717, 1.165) is 31.8 Å². The van der Waals surface area contributed by atoms with Crippen LogP contribution in [-0.2, 0) is 11.3 Å². The molecule has 1 rings (SSSR count). The zero-order valence-electron chi connectivity index (χ0n) is 10.1. The number of pyridine rings is 1. The lowest BCUT2D eigenvalue weighted by Gasteiger charge is -2.17. The molecule has 1 heterocycles. The second-order valence-electron chi connectivity index (χ2n) is 3.63. The van der Waals surface area contributed by atoms with Gasteiger partial charge in [-0.3, -0.25) is 5.73 Å². The van der Waals surface area contributed by atoms with Gasteiger partial charge in [0.25, 0.3) is 0 Å². The quantitative estimate of drug-likeness (QED) is 0.661. The standard InChI is InChI=1S/C12H20N3O/c1-3-15(4-2)7-8-16-10-11-5-6-12(13)14-9-11/h5-6,9,13H,3-4,7-8,10H2,1-2H3. The molecular weight excluding hydrogens is 202 g/mol. The van der Waals surface area contributed by atoms with Crippen molar-refractivity contribution in [1.82, 2.24) is 15.6 Å². The molecule has 0 aromatic carbocycles. The van der Waals surface area contributed by atoms with Crippen LogP contribution in [0.15, 0.2) is 18.3 Å². The smallest absolute Gasteiger partial charge is 0.144 e. The van der Waals surface area contributed by atoms with E-state index in [1.807, 2.05) is 6.07 Å². The molecule has 0 aliphatic carbocycles. The predicted octanol–water partition coefficient (Wildman–Crippen LogP) is 1.85. The van der Waals surface area contributed by atoms with Crippen molar-refractivity contribution in [1.29, 1.82) is 0 Å². The molecule has 0 bridgehead atoms. The Kier molecular flexibility index (Phi) is 5.82. The Morgan fingerprint density at radius 1 is 1.31 bits per heavy atom. The second-order valence-corrected chi connectivity index (χ2v) is 3.63. The first kappa shape index (κ1) is 12.9. The topological polar surface area (TPSA) is 49.2 Å². The van der Waals surface area contributed by atoms with Gasteiger partial charge < -0.3 is 9.64 Å². The predicted molar refractivity (Wildman–Crippen MR) is 64.4 cm³/mol. The summed E-state index contributed by atoms with van der Waals surface area (Å²) in [6.07, 6.45) is 1.69. The maximum Gasteiger partial charge on any atom is 0.144 e. The lowest BCUT2D eigenvalue weighted by molar-refractivity contribution is 0.0955. The minimum absolute atomic E-state index is 0.298. The van der Waals surface area contributed by atoms with Crippen LogP contribution in [0.1, 0.15) is 19.4 Å². The Bertz CT molecular complexity index is 283. The molecule has 0 amide bonds. The summed E-state index contributed by atoms with van der Waals surface area (Å²) in [5.41, 5.74) is 8.28. The fourth-order valence-electron chi connectivity index (χ4n) is 1.43. The summed E-state index contributed by atoms with van der Waals surface area (Å²) in [6.45, 7) is 8.72. The maximum absolute atomic E-state index is 7.25. The normalized spacial score (nSPS) is 10.9. The summed E-state index contributed by atoms with van der Waals surface area (Å²) < 4.78 is 5.55. The van der Waals surface area contributed by atoms with Gasteiger partial charge in [-0.25, -0.2) is 4.98 Å². The molecule has 89 valence electrons. The highest BCUT2D eigenvalue weighted by Crippen LogP contribution is 2.03. The van der Waals surface area contributed by atoms with Crippen molar-refractivity contribution in [3.8, 4) is 0 Å². The zero-order chi connectivity index (χ0) is 11.8. The average Bonchev–Trinajstić information content (AvgIpc) is 2.32. The SMILES string of the molecule is CCN(CC)CCOCc1ccc([NH])nc1. The van der Waals surface area contributed by atoms with E-state index in [0.29, 0.717) is 12.4 Å². The number of nitrogens with one attached hydrogen (secondary N) is 1. The van der Waals surface area contributed by atoms with Gasteiger partial charge in [0.1, 0.15) is 5.82 Å². The van der Waals surface area contributed by atoms with Crippen LogP contribution in [0.5, 0.6) is 0 Å². The van der Waals surface area contributed by atoms with E-state index in [4.69, 9.17) is 10.5 Å². The first-order valence-electron chi connectivity index (χ1n) is 5.72. The highest BCUT2D eigenvalue weighted by atomic mass is 16.5. The summed E-state index contributed by atoms with van der Waals surface area (Å²) in [6, 6.07) is 3.57. The summed E-state index contributed by atoms with van der Waals surface area (Å²) in [7, 11) is 0. The average molecular weight is 222 g/mol. The van der Waals surface area contributed by atoms with Crippen molar-refractivity contribution in [2.75, 3.05) is 26.2 Å². The molecule has 0 saturated heterocycles. The van der Waals surface area contributed by atoms with Gasteiger partial charge in [0.15, 0.2) is 0 Å². The van der Waals surface area contributed by atoms with Gasteiger partial charge in [0.05, 0.1) is 13.2 Å². The molecular formula is C12H20N3O. The van der Waals surface area contributed by atoms with Crippen LogP contribution in [0.2, 0.25) is 0 Å².